The number of anilines is 1. The molecule has 64 valence electrons. The first-order valence-electron chi connectivity index (χ1n) is 2.95. The lowest BCUT2D eigenvalue weighted by molar-refractivity contribution is 0.627. The molecule has 0 saturated heterocycles. The highest BCUT2D eigenvalue weighted by Crippen LogP contribution is 2.15. The minimum Gasteiger partial charge on any atom is -0.321 e. The number of nitrogens with zero attached hydrogens (tertiary/aromatic N) is 1. The standard InChI is InChI=1S/C7H6FN3.ClH/c8-7-5(4-9)2-1-3-6(7)11-10;/h1-3,11H,10H2;1H. The third-order valence-corrected chi connectivity index (χ3v) is 1.27. The molecule has 3 nitrogen and oxygen atoms in total. The largest absolute Gasteiger partial charge is 0.321 e. The second kappa shape index (κ2) is 4.54. The Labute approximate surface area is 75.4 Å². The molecule has 0 bridgehead atoms. The van der Waals surface area contributed by atoms with E-state index in [2.05, 4.69) is 5.43 Å². The average molecular weight is 188 g/mol. The maximum absolute atomic E-state index is 12.9. The first-order valence-corrected chi connectivity index (χ1v) is 2.95. The van der Waals surface area contributed by atoms with Crippen LogP contribution in [0.2, 0.25) is 0 Å². The summed E-state index contributed by atoms with van der Waals surface area (Å²) < 4.78 is 12.9. The summed E-state index contributed by atoms with van der Waals surface area (Å²) in [5.74, 6) is 4.36. The van der Waals surface area contributed by atoms with E-state index < -0.39 is 5.82 Å². The Hall–Kier alpha value is -1.31. The molecule has 0 amide bonds. The van der Waals surface area contributed by atoms with Gasteiger partial charge in [-0.1, -0.05) is 6.07 Å². The highest BCUT2D eigenvalue weighted by molar-refractivity contribution is 5.85. The summed E-state index contributed by atoms with van der Waals surface area (Å²) in [6.07, 6.45) is 0. The van der Waals surface area contributed by atoms with E-state index in [1.807, 2.05) is 0 Å². The molecule has 5 heteroatoms. The molecular weight excluding hydrogens is 181 g/mol. The number of nitrogens with one attached hydrogen (secondary N) is 1. The second-order valence-corrected chi connectivity index (χ2v) is 1.92. The van der Waals surface area contributed by atoms with Gasteiger partial charge in [0.15, 0.2) is 5.82 Å². The van der Waals surface area contributed by atoms with E-state index >= 15 is 0 Å². The van der Waals surface area contributed by atoms with E-state index in [1.54, 1.807) is 12.1 Å². The van der Waals surface area contributed by atoms with Crippen molar-refractivity contribution in [2.45, 2.75) is 0 Å². The number of nitriles is 1. The fourth-order valence-corrected chi connectivity index (χ4v) is 0.730. The molecule has 0 heterocycles. The zero-order valence-electron chi connectivity index (χ0n) is 6.04. The molecule has 3 N–H and O–H groups in total. The number of hydrogen-bond acceptors (Lipinski definition) is 3. The van der Waals surface area contributed by atoms with Crippen molar-refractivity contribution in [3.8, 4) is 6.07 Å². The van der Waals surface area contributed by atoms with E-state index in [0.29, 0.717) is 0 Å². The normalized spacial score (nSPS) is 8.08. The van der Waals surface area contributed by atoms with Gasteiger partial charge in [-0.25, -0.2) is 4.39 Å². The first-order chi connectivity index (χ1) is 5.29. The molecule has 0 aliphatic heterocycles. The molecule has 0 atom stereocenters. The molecule has 1 aromatic rings. The van der Waals surface area contributed by atoms with Crippen molar-refractivity contribution in [2.75, 3.05) is 5.43 Å². The minimum atomic E-state index is -0.613. The lowest BCUT2D eigenvalue weighted by Crippen LogP contribution is -2.08. The van der Waals surface area contributed by atoms with Crippen LogP contribution in [0, 0.1) is 17.1 Å². The van der Waals surface area contributed by atoms with Gasteiger partial charge in [-0.15, -0.1) is 12.4 Å². The van der Waals surface area contributed by atoms with Crippen LogP contribution in [-0.4, -0.2) is 0 Å². The lowest BCUT2D eigenvalue weighted by Gasteiger charge is -2.00. The van der Waals surface area contributed by atoms with Crippen LogP contribution in [0.15, 0.2) is 18.2 Å². The summed E-state index contributed by atoms with van der Waals surface area (Å²) in [5.41, 5.74) is 2.26. The number of hydrazine groups is 1. The van der Waals surface area contributed by atoms with Gasteiger partial charge < -0.3 is 5.43 Å². The van der Waals surface area contributed by atoms with Crippen LogP contribution in [-0.2, 0) is 0 Å². The quantitative estimate of drug-likeness (QED) is 0.516. The molecule has 0 saturated carbocycles. The molecule has 1 rings (SSSR count). The number of nitrogen functional groups attached to an aromatic ring is 1. The summed E-state index contributed by atoms with van der Waals surface area (Å²) in [5, 5.41) is 8.38. The number of rotatable bonds is 1. The number of halogens is 2. The first kappa shape index (κ1) is 10.7. The summed E-state index contributed by atoms with van der Waals surface area (Å²) in [4.78, 5) is 0. The topological polar surface area (TPSA) is 61.8 Å². The van der Waals surface area contributed by atoms with Crippen LogP contribution in [0.4, 0.5) is 10.1 Å². The average Bonchev–Trinajstić information content (AvgIpc) is 2.05. The van der Waals surface area contributed by atoms with Gasteiger partial charge in [-0.05, 0) is 12.1 Å². The molecular formula is C7H7ClFN3. The van der Waals surface area contributed by atoms with Crippen LogP contribution in [0.5, 0.6) is 0 Å². The maximum Gasteiger partial charge on any atom is 0.165 e. The highest BCUT2D eigenvalue weighted by atomic mass is 35.5. The van der Waals surface area contributed by atoms with Gasteiger partial charge in [0.25, 0.3) is 0 Å². The minimum absolute atomic E-state index is 0. The van der Waals surface area contributed by atoms with Crippen LogP contribution in [0.25, 0.3) is 0 Å². The lowest BCUT2D eigenvalue weighted by atomic mass is 10.2. The zero-order chi connectivity index (χ0) is 8.27. The number of hydrogen-bond donors (Lipinski definition) is 2. The van der Waals surface area contributed by atoms with Crippen LogP contribution in [0.3, 0.4) is 0 Å². The highest BCUT2D eigenvalue weighted by Gasteiger charge is 2.04. The SMILES string of the molecule is Cl.N#Cc1cccc(NN)c1F. The second-order valence-electron chi connectivity index (χ2n) is 1.92. The van der Waals surface area contributed by atoms with Crippen LogP contribution >= 0.6 is 12.4 Å². The van der Waals surface area contributed by atoms with Crippen molar-refractivity contribution in [1.82, 2.24) is 0 Å². The Kier molecular flexibility index (Phi) is 4.05. The molecule has 0 aromatic heterocycles. The zero-order valence-corrected chi connectivity index (χ0v) is 6.86. The molecule has 0 aliphatic carbocycles. The monoisotopic (exact) mass is 187 g/mol. The summed E-state index contributed by atoms with van der Waals surface area (Å²) in [6, 6.07) is 6.09. The molecule has 0 unspecified atom stereocenters. The van der Waals surface area contributed by atoms with Crippen molar-refractivity contribution >= 4 is 18.1 Å². The fraction of sp³-hybridized carbons (Fsp3) is 0. The Morgan fingerprint density at radius 2 is 2.17 bits per heavy atom. The van der Waals surface area contributed by atoms with E-state index in [9.17, 15) is 4.39 Å². The van der Waals surface area contributed by atoms with E-state index in [-0.39, 0.29) is 23.7 Å². The van der Waals surface area contributed by atoms with Gasteiger partial charge in [0, 0.05) is 0 Å². The van der Waals surface area contributed by atoms with Crippen LogP contribution in [0.1, 0.15) is 5.56 Å². The van der Waals surface area contributed by atoms with E-state index in [4.69, 9.17) is 11.1 Å². The van der Waals surface area contributed by atoms with Gasteiger partial charge in [0.2, 0.25) is 0 Å². The number of nitrogens with two attached hydrogens (primary N) is 1. The van der Waals surface area contributed by atoms with Crippen molar-refractivity contribution in [1.29, 1.82) is 5.26 Å². The van der Waals surface area contributed by atoms with E-state index in [1.165, 1.54) is 12.1 Å². The van der Waals surface area contributed by atoms with Gasteiger partial charge in [-0.3, -0.25) is 5.84 Å². The van der Waals surface area contributed by atoms with Gasteiger partial charge in [0.05, 0.1) is 11.3 Å². The molecule has 0 fully saturated rings. The van der Waals surface area contributed by atoms with Gasteiger partial charge in [-0.2, -0.15) is 5.26 Å². The van der Waals surface area contributed by atoms with Crippen molar-refractivity contribution in [3.05, 3.63) is 29.6 Å². The molecule has 1 aromatic carbocycles. The smallest absolute Gasteiger partial charge is 0.165 e. The number of benzene rings is 1. The molecule has 12 heavy (non-hydrogen) atoms. The van der Waals surface area contributed by atoms with E-state index in [0.717, 1.165) is 0 Å². The third-order valence-electron chi connectivity index (χ3n) is 1.27. The van der Waals surface area contributed by atoms with Gasteiger partial charge in [0.1, 0.15) is 6.07 Å². The molecule has 0 radical (unpaired) electrons. The Morgan fingerprint density at radius 3 is 2.67 bits per heavy atom. The summed E-state index contributed by atoms with van der Waals surface area (Å²) in [7, 11) is 0. The molecule has 0 spiro atoms. The van der Waals surface area contributed by atoms with Crippen LogP contribution < -0.4 is 11.3 Å². The predicted molar refractivity (Wildman–Crippen MR) is 46.2 cm³/mol. The maximum atomic E-state index is 12.9. The van der Waals surface area contributed by atoms with Gasteiger partial charge >= 0.3 is 0 Å². The predicted octanol–water partition coefficient (Wildman–Crippen LogP) is 1.40. The Balaban J connectivity index is 0.00000121. The van der Waals surface area contributed by atoms with Crippen molar-refractivity contribution in [2.24, 2.45) is 5.84 Å². The summed E-state index contributed by atoms with van der Waals surface area (Å²) in [6.45, 7) is 0. The third kappa shape index (κ3) is 1.84. The Bertz CT molecular complexity index is 308. The summed E-state index contributed by atoms with van der Waals surface area (Å²) >= 11 is 0. The molecule has 0 aliphatic rings. The Morgan fingerprint density at radius 1 is 1.50 bits per heavy atom. The van der Waals surface area contributed by atoms with Crippen molar-refractivity contribution < 1.29 is 4.39 Å². The van der Waals surface area contributed by atoms with Crippen molar-refractivity contribution in [3.63, 3.8) is 0 Å². The fourth-order valence-electron chi connectivity index (χ4n) is 0.730.